The van der Waals surface area contributed by atoms with Crippen molar-refractivity contribution in [2.75, 3.05) is 12.0 Å². The minimum Gasteiger partial charge on any atom is -0.352 e. The van der Waals surface area contributed by atoms with Crippen LogP contribution in [0.25, 0.3) is 0 Å². The van der Waals surface area contributed by atoms with E-state index in [9.17, 15) is 14.9 Å². The molecule has 19 heavy (non-hydrogen) atoms. The van der Waals surface area contributed by atoms with Crippen molar-refractivity contribution in [3.05, 3.63) is 10.1 Å². The summed E-state index contributed by atoms with van der Waals surface area (Å²) in [5.74, 6) is 0.727. The van der Waals surface area contributed by atoms with Crippen molar-refractivity contribution in [1.82, 2.24) is 5.32 Å². The molecular formula is C11H21N3O4S. The summed E-state index contributed by atoms with van der Waals surface area (Å²) < 4.78 is 0. The van der Waals surface area contributed by atoms with Crippen LogP contribution in [0.4, 0.5) is 0 Å². The zero-order valence-corrected chi connectivity index (χ0v) is 11.9. The number of nitrogens with zero attached hydrogens (tertiary/aromatic N) is 1. The average molecular weight is 291 g/mol. The van der Waals surface area contributed by atoms with Crippen LogP contribution in [0.3, 0.4) is 0 Å². The van der Waals surface area contributed by atoms with Crippen LogP contribution in [0, 0.1) is 10.1 Å². The molecule has 1 amide bonds. The minimum absolute atomic E-state index is 0.0550. The maximum atomic E-state index is 11.8. The first-order chi connectivity index (χ1) is 9.02. The lowest BCUT2D eigenvalue weighted by molar-refractivity contribution is -0.769. The lowest BCUT2D eigenvalue weighted by Crippen LogP contribution is -2.47. The zero-order chi connectivity index (χ0) is 14.3. The highest BCUT2D eigenvalue weighted by Crippen LogP contribution is 2.21. The van der Waals surface area contributed by atoms with Gasteiger partial charge in [0, 0.05) is 6.04 Å². The van der Waals surface area contributed by atoms with Gasteiger partial charge < -0.3 is 15.9 Å². The number of hydrogen-bond donors (Lipinski definition) is 2. The van der Waals surface area contributed by atoms with E-state index >= 15 is 0 Å². The van der Waals surface area contributed by atoms with Crippen LogP contribution in [-0.2, 0) is 9.63 Å². The predicted molar refractivity (Wildman–Crippen MR) is 73.2 cm³/mol. The van der Waals surface area contributed by atoms with E-state index in [0.717, 1.165) is 5.75 Å². The summed E-state index contributed by atoms with van der Waals surface area (Å²) in [6, 6.07) is -0.417. The molecule has 0 aromatic rings. The van der Waals surface area contributed by atoms with Gasteiger partial charge >= 0.3 is 0 Å². The van der Waals surface area contributed by atoms with Crippen molar-refractivity contribution in [3.8, 4) is 0 Å². The van der Waals surface area contributed by atoms with Gasteiger partial charge in [0.1, 0.15) is 6.10 Å². The Labute approximate surface area is 116 Å². The van der Waals surface area contributed by atoms with E-state index in [4.69, 9.17) is 5.73 Å². The van der Waals surface area contributed by atoms with Crippen LogP contribution < -0.4 is 11.1 Å². The number of nitrogens with one attached hydrogen (secondary N) is 1. The number of nitrogens with two attached hydrogens (primary N) is 1. The topological polar surface area (TPSA) is 107 Å². The maximum absolute atomic E-state index is 11.8. The van der Waals surface area contributed by atoms with Crippen LogP contribution in [0.15, 0.2) is 0 Å². The van der Waals surface area contributed by atoms with Gasteiger partial charge in [0.2, 0.25) is 5.91 Å². The summed E-state index contributed by atoms with van der Waals surface area (Å²) in [6.07, 6.45) is 4.86. The first-order valence-corrected chi connectivity index (χ1v) is 7.78. The molecule has 110 valence electrons. The summed E-state index contributed by atoms with van der Waals surface area (Å²) in [5, 5.41) is 12.4. The van der Waals surface area contributed by atoms with E-state index in [-0.39, 0.29) is 18.1 Å². The molecule has 0 radical (unpaired) electrons. The molecule has 1 saturated carbocycles. The van der Waals surface area contributed by atoms with Crippen molar-refractivity contribution in [1.29, 1.82) is 0 Å². The molecule has 0 spiro atoms. The number of carbonyl (C=O) groups is 1. The van der Waals surface area contributed by atoms with Gasteiger partial charge in [0.15, 0.2) is 0 Å². The van der Waals surface area contributed by atoms with E-state index in [0.29, 0.717) is 32.1 Å². The van der Waals surface area contributed by atoms with Crippen LogP contribution in [0.2, 0.25) is 0 Å². The average Bonchev–Trinajstić information content (AvgIpc) is 2.37. The smallest absolute Gasteiger partial charge is 0.294 e. The highest BCUT2D eigenvalue weighted by molar-refractivity contribution is 7.98. The van der Waals surface area contributed by atoms with Gasteiger partial charge in [-0.05, 0) is 44.1 Å². The molecule has 1 rings (SSSR count). The molecule has 1 unspecified atom stereocenters. The maximum Gasteiger partial charge on any atom is 0.294 e. The predicted octanol–water partition coefficient (Wildman–Crippen LogP) is 0.702. The Balaban J connectivity index is 2.24. The second kappa shape index (κ2) is 8.21. The van der Waals surface area contributed by atoms with E-state index in [1.807, 2.05) is 6.26 Å². The van der Waals surface area contributed by atoms with E-state index < -0.39 is 11.1 Å². The quantitative estimate of drug-likeness (QED) is 0.528. The Hall–Kier alpha value is -1.02. The minimum atomic E-state index is -0.748. The van der Waals surface area contributed by atoms with Gasteiger partial charge in [-0.15, -0.1) is 10.1 Å². The van der Waals surface area contributed by atoms with Gasteiger partial charge in [-0.1, -0.05) is 0 Å². The third-order valence-electron chi connectivity index (χ3n) is 3.23. The Morgan fingerprint density at radius 3 is 2.68 bits per heavy atom. The number of amides is 1. The van der Waals surface area contributed by atoms with Crippen molar-refractivity contribution in [3.63, 3.8) is 0 Å². The monoisotopic (exact) mass is 291 g/mol. The second-order valence-electron chi connectivity index (χ2n) is 4.70. The van der Waals surface area contributed by atoms with E-state index in [1.54, 1.807) is 11.8 Å². The third kappa shape index (κ3) is 6.11. The van der Waals surface area contributed by atoms with Crippen LogP contribution in [-0.4, -0.2) is 41.2 Å². The van der Waals surface area contributed by atoms with Crippen molar-refractivity contribution >= 4 is 17.7 Å². The molecule has 7 nitrogen and oxygen atoms in total. The highest BCUT2D eigenvalue weighted by Gasteiger charge is 2.25. The molecule has 0 aliphatic heterocycles. The van der Waals surface area contributed by atoms with Crippen molar-refractivity contribution in [2.24, 2.45) is 5.73 Å². The molecule has 0 saturated heterocycles. The molecule has 0 heterocycles. The molecule has 1 atom stereocenters. The fourth-order valence-electron chi connectivity index (χ4n) is 2.12. The standard InChI is InChI=1S/C11H21N3O4S/c1-19-7-6-10(12)11(15)13-8-2-4-9(5-3-8)18-14(16)17/h8-10H,2-7,12H2,1H3,(H,13,15). The van der Waals surface area contributed by atoms with Gasteiger partial charge in [-0.3, -0.25) is 4.79 Å². The van der Waals surface area contributed by atoms with Crippen molar-refractivity contribution in [2.45, 2.75) is 50.3 Å². The van der Waals surface area contributed by atoms with Gasteiger partial charge in [-0.25, -0.2) is 0 Å². The summed E-state index contributed by atoms with van der Waals surface area (Å²) in [4.78, 5) is 26.5. The first-order valence-electron chi connectivity index (χ1n) is 6.39. The largest absolute Gasteiger partial charge is 0.352 e. The number of carbonyl (C=O) groups excluding carboxylic acids is 1. The Morgan fingerprint density at radius 2 is 2.16 bits per heavy atom. The molecule has 0 aromatic heterocycles. The van der Waals surface area contributed by atoms with E-state index in [1.165, 1.54) is 0 Å². The molecular weight excluding hydrogens is 270 g/mol. The summed E-state index contributed by atoms with van der Waals surface area (Å²) >= 11 is 1.66. The number of hydrogen-bond acceptors (Lipinski definition) is 6. The molecule has 3 N–H and O–H groups in total. The van der Waals surface area contributed by atoms with E-state index in [2.05, 4.69) is 10.2 Å². The van der Waals surface area contributed by atoms with Crippen LogP contribution in [0.1, 0.15) is 32.1 Å². The van der Waals surface area contributed by atoms with Gasteiger partial charge in [0.25, 0.3) is 5.09 Å². The third-order valence-corrected chi connectivity index (χ3v) is 3.87. The molecule has 0 aromatic carbocycles. The lowest BCUT2D eigenvalue weighted by atomic mass is 9.93. The number of rotatable bonds is 7. The number of thioether (sulfide) groups is 1. The SMILES string of the molecule is CSCCC(N)C(=O)NC1CCC(O[N+](=O)[O-])CC1. The Morgan fingerprint density at radius 1 is 1.53 bits per heavy atom. The molecule has 8 heteroatoms. The first kappa shape index (κ1) is 16.0. The summed E-state index contributed by atoms with van der Waals surface area (Å²) in [5.41, 5.74) is 5.77. The molecule has 1 aliphatic rings. The fraction of sp³-hybridized carbons (Fsp3) is 0.909. The zero-order valence-electron chi connectivity index (χ0n) is 11.0. The van der Waals surface area contributed by atoms with Crippen LogP contribution >= 0.6 is 11.8 Å². The molecule has 1 aliphatic carbocycles. The van der Waals surface area contributed by atoms with Gasteiger partial charge in [-0.2, -0.15) is 11.8 Å². The lowest BCUT2D eigenvalue weighted by Gasteiger charge is -2.28. The summed E-state index contributed by atoms with van der Waals surface area (Å²) in [7, 11) is 0. The van der Waals surface area contributed by atoms with Gasteiger partial charge in [0.05, 0.1) is 6.04 Å². The second-order valence-corrected chi connectivity index (χ2v) is 5.68. The Bertz CT molecular complexity index is 308. The highest BCUT2D eigenvalue weighted by atomic mass is 32.2. The molecule has 1 fully saturated rings. The fourth-order valence-corrected chi connectivity index (χ4v) is 2.61. The normalized spacial score (nSPS) is 24.5. The Kier molecular flexibility index (Phi) is 6.93. The summed E-state index contributed by atoms with van der Waals surface area (Å²) in [6.45, 7) is 0. The molecule has 0 bridgehead atoms. The van der Waals surface area contributed by atoms with Crippen molar-refractivity contribution < 1.29 is 14.7 Å². The van der Waals surface area contributed by atoms with Crippen LogP contribution in [0.5, 0.6) is 0 Å².